The second kappa shape index (κ2) is 6.45. The van der Waals surface area contributed by atoms with Gasteiger partial charge >= 0.3 is 0 Å². The Kier molecular flexibility index (Phi) is 4.90. The molecule has 0 radical (unpaired) electrons. The van der Waals surface area contributed by atoms with Crippen LogP contribution in [-0.4, -0.2) is 41.5 Å². The number of thiazole rings is 1. The minimum absolute atomic E-state index is 0.0270. The van der Waals surface area contributed by atoms with Crippen LogP contribution >= 0.6 is 11.3 Å². The topological polar surface area (TPSA) is 68.5 Å². The standard InChI is InChI=1S/C13H21N3O2S/c1-3-9(2)11(14)13(17)16-5-6-18-10(8-16)12-15-4-7-19-12/h4,7,9-11H,3,5-6,8,14H2,1-2H3. The van der Waals surface area contributed by atoms with Gasteiger partial charge in [0.2, 0.25) is 5.91 Å². The summed E-state index contributed by atoms with van der Waals surface area (Å²) in [6.45, 7) is 5.78. The van der Waals surface area contributed by atoms with E-state index in [1.165, 1.54) is 0 Å². The number of aromatic nitrogens is 1. The van der Waals surface area contributed by atoms with E-state index in [4.69, 9.17) is 10.5 Å². The minimum atomic E-state index is -0.417. The molecule has 3 atom stereocenters. The van der Waals surface area contributed by atoms with E-state index in [1.807, 2.05) is 17.2 Å². The third kappa shape index (κ3) is 3.32. The molecule has 3 unspecified atom stereocenters. The molecule has 6 heteroatoms. The lowest BCUT2D eigenvalue weighted by molar-refractivity contribution is -0.141. The normalized spacial score (nSPS) is 23.1. The first kappa shape index (κ1) is 14.4. The van der Waals surface area contributed by atoms with Crippen LogP contribution in [0.2, 0.25) is 0 Å². The number of rotatable bonds is 4. The Bertz CT molecular complexity index is 410. The zero-order valence-corrected chi connectivity index (χ0v) is 12.2. The SMILES string of the molecule is CCC(C)C(N)C(=O)N1CCOC(c2nccs2)C1. The fraction of sp³-hybridized carbons (Fsp3) is 0.692. The van der Waals surface area contributed by atoms with Crippen LogP contribution < -0.4 is 5.73 Å². The van der Waals surface area contributed by atoms with Crippen molar-refractivity contribution >= 4 is 17.2 Å². The lowest BCUT2D eigenvalue weighted by atomic mass is 9.98. The van der Waals surface area contributed by atoms with Crippen LogP contribution in [0.4, 0.5) is 0 Å². The van der Waals surface area contributed by atoms with Gasteiger partial charge in [0.15, 0.2) is 0 Å². The molecule has 0 saturated carbocycles. The van der Waals surface area contributed by atoms with Crippen molar-refractivity contribution in [2.24, 2.45) is 11.7 Å². The minimum Gasteiger partial charge on any atom is -0.367 e. The van der Waals surface area contributed by atoms with E-state index in [-0.39, 0.29) is 17.9 Å². The number of ether oxygens (including phenoxy) is 1. The molecule has 19 heavy (non-hydrogen) atoms. The van der Waals surface area contributed by atoms with Gasteiger partial charge < -0.3 is 15.4 Å². The summed E-state index contributed by atoms with van der Waals surface area (Å²) in [5, 5.41) is 2.85. The van der Waals surface area contributed by atoms with Crippen molar-refractivity contribution in [3.63, 3.8) is 0 Å². The number of amides is 1. The van der Waals surface area contributed by atoms with Gasteiger partial charge in [-0.3, -0.25) is 4.79 Å². The molecule has 0 spiro atoms. The van der Waals surface area contributed by atoms with E-state index in [9.17, 15) is 4.79 Å². The van der Waals surface area contributed by atoms with Gasteiger partial charge in [0.05, 0.1) is 19.2 Å². The summed E-state index contributed by atoms with van der Waals surface area (Å²) in [6, 6.07) is -0.417. The maximum atomic E-state index is 12.3. The van der Waals surface area contributed by atoms with Gasteiger partial charge in [-0.15, -0.1) is 11.3 Å². The van der Waals surface area contributed by atoms with Crippen molar-refractivity contribution in [2.75, 3.05) is 19.7 Å². The molecule has 106 valence electrons. The fourth-order valence-electron chi connectivity index (χ4n) is 2.10. The first-order valence-corrected chi connectivity index (χ1v) is 7.56. The quantitative estimate of drug-likeness (QED) is 0.907. The van der Waals surface area contributed by atoms with Gasteiger partial charge in [0, 0.05) is 18.1 Å². The first-order chi connectivity index (χ1) is 9.13. The Morgan fingerprint density at radius 2 is 2.53 bits per heavy atom. The van der Waals surface area contributed by atoms with E-state index in [1.54, 1.807) is 17.5 Å². The lowest BCUT2D eigenvalue weighted by Gasteiger charge is -2.34. The lowest BCUT2D eigenvalue weighted by Crippen LogP contribution is -2.51. The van der Waals surface area contributed by atoms with Gasteiger partial charge in [-0.25, -0.2) is 4.98 Å². The van der Waals surface area contributed by atoms with Crippen molar-refractivity contribution < 1.29 is 9.53 Å². The highest BCUT2D eigenvalue weighted by Crippen LogP contribution is 2.24. The average Bonchev–Trinajstić information content (AvgIpc) is 2.99. The number of nitrogens with zero attached hydrogens (tertiary/aromatic N) is 2. The third-order valence-corrected chi connectivity index (χ3v) is 4.51. The average molecular weight is 283 g/mol. The zero-order valence-electron chi connectivity index (χ0n) is 11.4. The van der Waals surface area contributed by atoms with E-state index < -0.39 is 6.04 Å². The van der Waals surface area contributed by atoms with Gasteiger partial charge in [-0.2, -0.15) is 0 Å². The molecule has 1 aliphatic heterocycles. The van der Waals surface area contributed by atoms with Crippen molar-refractivity contribution in [1.29, 1.82) is 0 Å². The predicted molar refractivity (Wildman–Crippen MR) is 74.8 cm³/mol. The Labute approximate surface area is 117 Å². The van der Waals surface area contributed by atoms with Gasteiger partial charge in [-0.05, 0) is 5.92 Å². The van der Waals surface area contributed by atoms with Gasteiger partial charge in [-0.1, -0.05) is 20.3 Å². The summed E-state index contributed by atoms with van der Waals surface area (Å²) in [6.07, 6.45) is 2.56. The van der Waals surface area contributed by atoms with Crippen LogP contribution in [0.25, 0.3) is 0 Å². The third-order valence-electron chi connectivity index (χ3n) is 3.65. The van der Waals surface area contributed by atoms with E-state index in [0.29, 0.717) is 19.7 Å². The van der Waals surface area contributed by atoms with Crippen LogP contribution in [0.5, 0.6) is 0 Å². The van der Waals surface area contributed by atoms with Gasteiger partial charge in [0.1, 0.15) is 11.1 Å². The number of nitrogens with two attached hydrogens (primary N) is 1. The molecule has 0 aliphatic carbocycles. The molecule has 5 nitrogen and oxygen atoms in total. The molecule has 1 aromatic rings. The zero-order chi connectivity index (χ0) is 13.8. The molecule has 0 aromatic carbocycles. The maximum Gasteiger partial charge on any atom is 0.239 e. The Morgan fingerprint density at radius 1 is 1.74 bits per heavy atom. The summed E-state index contributed by atoms with van der Waals surface area (Å²) in [4.78, 5) is 18.4. The highest BCUT2D eigenvalue weighted by Gasteiger charge is 2.31. The Hall–Kier alpha value is -0.980. The molecule has 1 saturated heterocycles. The molecular formula is C13H21N3O2S. The van der Waals surface area contributed by atoms with E-state index >= 15 is 0 Å². The Morgan fingerprint density at radius 3 is 3.16 bits per heavy atom. The van der Waals surface area contributed by atoms with Crippen molar-refractivity contribution in [1.82, 2.24) is 9.88 Å². The molecule has 1 aliphatic rings. The molecule has 2 N–H and O–H groups in total. The highest BCUT2D eigenvalue weighted by molar-refractivity contribution is 7.09. The largest absolute Gasteiger partial charge is 0.367 e. The molecule has 1 fully saturated rings. The summed E-state index contributed by atoms with van der Waals surface area (Å²) in [7, 11) is 0. The van der Waals surface area contributed by atoms with Crippen molar-refractivity contribution in [3.8, 4) is 0 Å². The van der Waals surface area contributed by atoms with Gasteiger partial charge in [0.25, 0.3) is 0 Å². The molecule has 2 heterocycles. The summed E-state index contributed by atoms with van der Waals surface area (Å²) >= 11 is 1.56. The number of morpholine rings is 1. The molecule has 1 amide bonds. The van der Waals surface area contributed by atoms with E-state index in [2.05, 4.69) is 11.9 Å². The fourth-order valence-corrected chi connectivity index (χ4v) is 2.78. The first-order valence-electron chi connectivity index (χ1n) is 6.68. The van der Waals surface area contributed by atoms with Crippen molar-refractivity contribution in [3.05, 3.63) is 16.6 Å². The van der Waals surface area contributed by atoms with Crippen molar-refractivity contribution in [2.45, 2.75) is 32.4 Å². The number of carbonyl (C=O) groups excluding carboxylic acids is 1. The Balaban J connectivity index is 1.99. The highest BCUT2D eigenvalue weighted by atomic mass is 32.1. The van der Waals surface area contributed by atoms with Crippen LogP contribution in [0, 0.1) is 5.92 Å². The molecule has 2 rings (SSSR count). The van der Waals surface area contributed by atoms with Crippen LogP contribution in [0.3, 0.4) is 0 Å². The number of hydrogen-bond acceptors (Lipinski definition) is 5. The number of carbonyl (C=O) groups is 1. The second-order valence-electron chi connectivity index (χ2n) is 4.93. The van der Waals surface area contributed by atoms with Crippen LogP contribution in [-0.2, 0) is 9.53 Å². The molecule has 1 aromatic heterocycles. The monoisotopic (exact) mass is 283 g/mol. The summed E-state index contributed by atoms with van der Waals surface area (Å²) in [5.41, 5.74) is 6.02. The summed E-state index contributed by atoms with van der Waals surface area (Å²) < 4.78 is 5.68. The molecule has 0 bridgehead atoms. The number of hydrogen-bond donors (Lipinski definition) is 1. The smallest absolute Gasteiger partial charge is 0.239 e. The predicted octanol–water partition coefficient (Wildman–Crippen LogP) is 1.42. The van der Waals surface area contributed by atoms with Crippen LogP contribution in [0.1, 0.15) is 31.4 Å². The molecular weight excluding hydrogens is 262 g/mol. The van der Waals surface area contributed by atoms with E-state index in [0.717, 1.165) is 11.4 Å². The summed E-state index contributed by atoms with van der Waals surface area (Å²) in [5.74, 6) is 0.230. The maximum absolute atomic E-state index is 12.3. The second-order valence-corrected chi connectivity index (χ2v) is 5.85. The van der Waals surface area contributed by atoms with Crippen LogP contribution in [0.15, 0.2) is 11.6 Å².